The minimum atomic E-state index is 0.221. The van der Waals surface area contributed by atoms with Gasteiger partial charge in [-0.25, -0.2) is 0 Å². The number of para-hydroxylation sites is 1. The topological polar surface area (TPSA) is 55.0 Å². The van der Waals surface area contributed by atoms with Crippen LogP contribution in [0.3, 0.4) is 0 Å². The lowest BCUT2D eigenvalue weighted by atomic mass is 10.0. The fraction of sp³-hybridized carbons (Fsp3) is 0.409. The first-order valence-electron chi connectivity index (χ1n) is 10.0. The fourth-order valence-corrected chi connectivity index (χ4v) is 4.07. The number of hydrogen-bond donors (Lipinski definition) is 2. The summed E-state index contributed by atoms with van der Waals surface area (Å²) in [6.07, 6.45) is 2.47. The minimum Gasteiger partial charge on any atom is -0.496 e. The third-order valence-corrected chi connectivity index (χ3v) is 5.71. The molecule has 2 heterocycles. The van der Waals surface area contributed by atoms with Crippen LogP contribution in [0.4, 0.5) is 0 Å². The fourth-order valence-electron chi connectivity index (χ4n) is 3.92. The second-order valence-corrected chi connectivity index (χ2v) is 7.66. The van der Waals surface area contributed by atoms with Crippen molar-refractivity contribution in [2.75, 3.05) is 33.5 Å². The van der Waals surface area contributed by atoms with Gasteiger partial charge in [0.05, 0.1) is 13.2 Å². The summed E-state index contributed by atoms with van der Waals surface area (Å²) in [5.74, 6) is 2.50. The first-order valence-corrected chi connectivity index (χ1v) is 10.4. The number of nitrogens with zero attached hydrogens (tertiary/aromatic N) is 1. The summed E-state index contributed by atoms with van der Waals surface area (Å²) >= 11 is 5.53. The van der Waals surface area contributed by atoms with Crippen LogP contribution in [0.15, 0.2) is 42.5 Å². The molecule has 1 atom stereocenters. The molecule has 2 aliphatic heterocycles. The largest absolute Gasteiger partial charge is 0.496 e. The molecule has 2 N–H and O–H groups in total. The van der Waals surface area contributed by atoms with E-state index in [1.54, 1.807) is 7.11 Å². The normalized spacial score (nSPS) is 16.4. The molecule has 0 aromatic heterocycles. The molecule has 0 bridgehead atoms. The van der Waals surface area contributed by atoms with Gasteiger partial charge < -0.3 is 24.8 Å². The van der Waals surface area contributed by atoms with Crippen molar-refractivity contribution in [3.05, 3.63) is 53.6 Å². The zero-order valence-corrected chi connectivity index (χ0v) is 17.5. The van der Waals surface area contributed by atoms with E-state index in [1.807, 2.05) is 30.3 Å². The minimum absolute atomic E-state index is 0.221. The van der Waals surface area contributed by atoms with Gasteiger partial charge in [0.25, 0.3) is 0 Å². The Kier molecular flexibility index (Phi) is 6.36. The standard InChI is InChI=1S/C22H27N3O3S/c1-26-19-7-3-2-6-17(19)18(25-10-4-5-11-25)14-24-22(29)23-13-16-8-9-20-21(12-16)28-15-27-20/h2-3,6-9,12,18H,4-5,10-11,13-15H2,1H3,(H2,23,24,29)/t18-/m1/s1. The number of methoxy groups -OCH3 is 1. The van der Waals surface area contributed by atoms with Crippen LogP contribution in [0, 0.1) is 0 Å². The van der Waals surface area contributed by atoms with Gasteiger partial charge in [0.15, 0.2) is 16.6 Å². The highest BCUT2D eigenvalue weighted by Crippen LogP contribution is 2.33. The molecule has 0 spiro atoms. The summed E-state index contributed by atoms with van der Waals surface area (Å²) in [7, 11) is 1.73. The van der Waals surface area contributed by atoms with Gasteiger partial charge in [-0.15, -0.1) is 0 Å². The lowest BCUT2D eigenvalue weighted by Gasteiger charge is -2.29. The van der Waals surface area contributed by atoms with Crippen molar-refractivity contribution >= 4 is 17.3 Å². The highest BCUT2D eigenvalue weighted by atomic mass is 32.1. The van der Waals surface area contributed by atoms with Gasteiger partial charge in [-0.1, -0.05) is 24.3 Å². The summed E-state index contributed by atoms with van der Waals surface area (Å²) in [4.78, 5) is 2.51. The highest BCUT2D eigenvalue weighted by molar-refractivity contribution is 7.80. The van der Waals surface area contributed by atoms with Crippen molar-refractivity contribution in [2.24, 2.45) is 0 Å². The number of thiocarbonyl (C=S) groups is 1. The lowest BCUT2D eigenvalue weighted by Crippen LogP contribution is -2.41. The Labute approximate surface area is 177 Å². The maximum atomic E-state index is 5.61. The van der Waals surface area contributed by atoms with Crippen molar-refractivity contribution < 1.29 is 14.2 Å². The van der Waals surface area contributed by atoms with Crippen molar-refractivity contribution in [3.8, 4) is 17.2 Å². The first-order chi connectivity index (χ1) is 14.2. The Morgan fingerprint density at radius 2 is 1.90 bits per heavy atom. The van der Waals surface area contributed by atoms with E-state index in [9.17, 15) is 0 Å². The molecule has 2 aliphatic rings. The number of rotatable bonds is 7. The Morgan fingerprint density at radius 3 is 2.72 bits per heavy atom. The van der Waals surface area contributed by atoms with Gasteiger partial charge in [-0.3, -0.25) is 4.90 Å². The molecule has 0 radical (unpaired) electrons. The van der Waals surface area contributed by atoms with E-state index in [0.29, 0.717) is 11.7 Å². The molecule has 6 nitrogen and oxygen atoms in total. The summed E-state index contributed by atoms with van der Waals surface area (Å²) in [5, 5.41) is 7.33. The second-order valence-electron chi connectivity index (χ2n) is 7.25. The van der Waals surface area contributed by atoms with Gasteiger partial charge in [0.2, 0.25) is 6.79 Å². The zero-order chi connectivity index (χ0) is 20.1. The van der Waals surface area contributed by atoms with Crippen LogP contribution >= 0.6 is 12.2 Å². The number of ether oxygens (including phenoxy) is 3. The molecule has 154 valence electrons. The monoisotopic (exact) mass is 413 g/mol. The van der Waals surface area contributed by atoms with Crippen LogP contribution in [0.25, 0.3) is 0 Å². The van der Waals surface area contributed by atoms with Gasteiger partial charge in [0.1, 0.15) is 5.75 Å². The summed E-state index contributed by atoms with van der Waals surface area (Å²) < 4.78 is 16.4. The molecule has 0 unspecified atom stereocenters. The molecule has 29 heavy (non-hydrogen) atoms. The van der Waals surface area contributed by atoms with Crippen molar-refractivity contribution in [1.82, 2.24) is 15.5 Å². The molecule has 0 aliphatic carbocycles. The zero-order valence-electron chi connectivity index (χ0n) is 16.6. The van der Waals surface area contributed by atoms with Gasteiger partial charge in [-0.2, -0.15) is 0 Å². The van der Waals surface area contributed by atoms with Crippen LogP contribution in [-0.2, 0) is 6.54 Å². The molecule has 0 amide bonds. The Hall–Kier alpha value is -2.51. The number of likely N-dealkylation sites (tertiary alicyclic amines) is 1. The van der Waals surface area contributed by atoms with E-state index in [0.717, 1.165) is 42.4 Å². The Morgan fingerprint density at radius 1 is 1.10 bits per heavy atom. The number of nitrogens with one attached hydrogen (secondary N) is 2. The van der Waals surface area contributed by atoms with Crippen molar-refractivity contribution in [3.63, 3.8) is 0 Å². The van der Waals surface area contributed by atoms with E-state index >= 15 is 0 Å². The van der Waals surface area contributed by atoms with Gasteiger partial charge in [0, 0.05) is 18.7 Å². The predicted octanol–water partition coefficient (Wildman–Crippen LogP) is 3.23. The smallest absolute Gasteiger partial charge is 0.231 e. The molecule has 2 aromatic carbocycles. The quantitative estimate of drug-likeness (QED) is 0.676. The third kappa shape index (κ3) is 4.74. The van der Waals surface area contributed by atoms with E-state index < -0.39 is 0 Å². The van der Waals surface area contributed by atoms with Crippen LogP contribution in [-0.4, -0.2) is 43.5 Å². The third-order valence-electron chi connectivity index (χ3n) is 5.43. The number of hydrogen-bond acceptors (Lipinski definition) is 5. The van der Waals surface area contributed by atoms with Gasteiger partial charge >= 0.3 is 0 Å². The van der Waals surface area contributed by atoms with Crippen LogP contribution in [0.1, 0.15) is 30.0 Å². The van der Waals surface area contributed by atoms with Crippen LogP contribution < -0.4 is 24.8 Å². The van der Waals surface area contributed by atoms with E-state index in [4.69, 9.17) is 26.4 Å². The predicted molar refractivity (Wildman–Crippen MR) is 117 cm³/mol. The maximum Gasteiger partial charge on any atom is 0.231 e. The maximum absolute atomic E-state index is 5.61. The molecular formula is C22H27N3O3S. The van der Waals surface area contributed by atoms with E-state index in [-0.39, 0.29) is 12.8 Å². The Balaban J connectivity index is 1.36. The summed E-state index contributed by atoms with van der Waals surface area (Å²) in [6.45, 7) is 3.84. The number of fused-ring (bicyclic) bond motifs is 1. The van der Waals surface area contributed by atoms with Crippen LogP contribution in [0.5, 0.6) is 17.2 Å². The molecule has 7 heteroatoms. The molecule has 1 saturated heterocycles. The average molecular weight is 414 g/mol. The summed E-state index contributed by atoms with van der Waals surface area (Å²) in [5.41, 5.74) is 2.29. The molecule has 0 saturated carbocycles. The number of benzene rings is 2. The first kappa shape index (κ1) is 19.8. The molecule has 2 aromatic rings. The van der Waals surface area contributed by atoms with Crippen molar-refractivity contribution in [2.45, 2.75) is 25.4 Å². The second kappa shape index (κ2) is 9.33. The van der Waals surface area contributed by atoms with Crippen LogP contribution in [0.2, 0.25) is 0 Å². The summed E-state index contributed by atoms with van der Waals surface area (Å²) in [6, 6.07) is 14.4. The average Bonchev–Trinajstić information content (AvgIpc) is 3.44. The van der Waals surface area contributed by atoms with E-state index in [2.05, 4.69) is 27.7 Å². The van der Waals surface area contributed by atoms with Crippen molar-refractivity contribution in [1.29, 1.82) is 0 Å². The van der Waals surface area contributed by atoms with Gasteiger partial charge in [-0.05, 0) is 61.9 Å². The lowest BCUT2D eigenvalue weighted by molar-refractivity contribution is 0.174. The molecular weight excluding hydrogens is 386 g/mol. The molecule has 4 rings (SSSR count). The highest BCUT2D eigenvalue weighted by Gasteiger charge is 2.26. The Bertz CT molecular complexity index is 855. The molecule has 1 fully saturated rings. The van der Waals surface area contributed by atoms with E-state index in [1.165, 1.54) is 18.4 Å². The SMILES string of the molecule is COc1ccccc1[C@@H](CNC(=S)NCc1ccc2c(c1)OCO2)N1CCCC1.